The maximum absolute atomic E-state index is 5.18. The van der Waals surface area contributed by atoms with Crippen LogP contribution in [0.3, 0.4) is 0 Å². The molecule has 2 N–H and O–H groups in total. The third-order valence-corrected chi connectivity index (χ3v) is 2.97. The van der Waals surface area contributed by atoms with E-state index in [4.69, 9.17) is 12.2 Å². The SMILES string of the molecule is Cc1cccc(NC(=S)NN=C2CCCC2)c1. The fourth-order valence-corrected chi connectivity index (χ4v) is 2.07. The van der Waals surface area contributed by atoms with Crippen molar-refractivity contribution in [3.8, 4) is 0 Å². The summed E-state index contributed by atoms with van der Waals surface area (Å²) in [6, 6.07) is 8.10. The molecule has 1 aromatic carbocycles. The lowest BCUT2D eigenvalue weighted by Crippen LogP contribution is -2.24. The number of aryl methyl sites for hydroxylation is 1. The van der Waals surface area contributed by atoms with Gasteiger partial charge in [0.05, 0.1) is 0 Å². The van der Waals surface area contributed by atoms with E-state index in [0.717, 1.165) is 18.5 Å². The number of thiocarbonyl (C=S) groups is 1. The van der Waals surface area contributed by atoms with Gasteiger partial charge >= 0.3 is 0 Å². The molecule has 0 saturated heterocycles. The number of nitrogens with one attached hydrogen (secondary N) is 2. The van der Waals surface area contributed by atoms with Gasteiger partial charge < -0.3 is 5.32 Å². The Kier molecular flexibility index (Phi) is 4.09. The lowest BCUT2D eigenvalue weighted by molar-refractivity contribution is 0.886. The van der Waals surface area contributed by atoms with Crippen LogP contribution in [0.25, 0.3) is 0 Å². The molecule has 1 fully saturated rings. The van der Waals surface area contributed by atoms with Gasteiger partial charge in [0.15, 0.2) is 5.11 Å². The van der Waals surface area contributed by atoms with E-state index in [0.29, 0.717) is 5.11 Å². The molecule has 0 radical (unpaired) electrons. The van der Waals surface area contributed by atoms with Gasteiger partial charge in [-0.25, -0.2) is 0 Å². The van der Waals surface area contributed by atoms with Crippen LogP contribution in [0.15, 0.2) is 29.4 Å². The first-order valence-corrected chi connectivity index (χ1v) is 6.34. The first kappa shape index (κ1) is 12.0. The van der Waals surface area contributed by atoms with Crippen LogP contribution in [-0.4, -0.2) is 10.8 Å². The van der Waals surface area contributed by atoms with Crippen molar-refractivity contribution in [1.29, 1.82) is 0 Å². The van der Waals surface area contributed by atoms with E-state index >= 15 is 0 Å². The van der Waals surface area contributed by atoms with Gasteiger partial charge in [-0.05, 0) is 62.5 Å². The second-order valence-corrected chi connectivity index (χ2v) is 4.73. The Morgan fingerprint density at radius 2 is 2.06 bits per heavy atom. The summed E-state index contributed by atoms with van der Waals surface area (Å²) in [5, 5.41) is 7.98. The quantitative estimate of drug-likeness (QED) is 0.622. The van der Waals surface area contributed by atoms with Gasteiger partial charge in [0.1, 0.15) is 0 Å². The first-order valence-electron chi connectivity index (χ1n) is 5.93. The van der Waals surface area contributed by atoms with E-state index in [-0.39, 0.29) is 0 Å². The van der Waals surface area contributed by atoms with Crippen molar-refractivity contribution in [1.82, 2.24) is 5.43 Å². The smallest absolute Gasteiger partial charge is 0.191 e. The second kappa shape index (κ2) is 5.77. The van der Waals surface area contributed by atoms with E-state index in [1.54, 1.807) is 0 Å². The van der Waals surface area contributed by atoms with Crippen molar-refractivity contribution >= 4 is 28.7 Å². The molecular weight excluding hydrogens is 230 g/mol. The number of rotatable bonds is 2. The monoisotopic (exact) mass is 247 g/mol. The Morgan fingerprint density at radius 3 is 2.76 bits per heavy atom. The predicted molar refractivity (Wildman–Crippen MR) is 76.4 cm³/mol. The maximum Gasteiger partial charge on any atom is 0.191 e. The number of hydrogen-bond donors (Lipinski definition) is 2. The summed E-state index contributed by atoms with van der Waals surface area (Å²) in [6.45, 7) is 2.06. The molecule has 0 amide bonds. The Labute approximate surface area is 107 Å². The molecule has 2 rings (SSSR count). The van der Waals surface area contributed by atoms with Gasteiger partial charge in [0, 0.05) is 11.4 Å². The lowest BCUT2D eigenvalue weighted by atomic mass is 10.2. The fourth-order valence-electron chi connectivity index (χ4n) is 1.91. The molecule has 1 aliphatic rings. The van der Waals surface area contributed by atoms with Crippen LogP contribution in [0.4, 0.5) is 5.69 Å². The number of benzene rings is 1. The molecule has 0 aliphatic heterocycles. The van der Waals surface area contributed by atoms with E-state index in [1.165, 1.54) is 24.1 Å². The first-order chi connectivity index (χ1) is 8.24. The fraction of sp³-hybridized carbons (Fsp3) is 0.385. The van der Waals surface area contributed by atoms with E-state index < -0.39 is 0 Å². The lowest BCUT2D eigenvalue weighted by Gasteiger charge is -2.08. The molecule has 0 atom stereocenters. The van der Waals surface area contributed by atoms with Crippen LogP contribution < -0.4 is 10.7 Å². The zero-order chi connectivity index (χ0) is 12.1. The molecular formula is C13H17N3S. The van der Waals surface area contributed by atoms with Crippen LogP contribution in [0.2, 0.25) is 0 Å². The van der Waals surface area contributed by atoms with E-state index in [9.17, 15) is 0 Å². The minimum Gasteiger partial charge on any atom is -0.331 e. The third-order valence-electron chi connectivity index (χ3n) is 2.77. The topological polar surface area (TPSA) is 36.4 Å². The van der Waals surface area contributed by atoms with Crippen LogP contribution in [0.5, 0.6) is 0 Å². The van der Waals surface area contributed by atoms with Crippen LogP contribution in [0.1, 0.15) is 31.2 Å². The summed E-state index contributed by atoms with van der Waals surface area (Å²) in [7, 11) is 0. The standard InChI is InChI=1S/C13H17N3S/c1-10-5-4-8-12(9-10)14-13(17)16-15-11-6-2-3-7-11/h4-5,8-9H,2-3,6-7H2,1H3,(H2,14,16,17). The second-order valence-electron chi connectivity index (χ2n) is 4.32. The molecule has 0 bridgehead atoms. The van der Waals surface area contributed by atoms with Crippen molar-refractivity contribution in [3.05, 3.63) is 29.8 Å². The van der Waals surface area contributed by atoms with Crippen molar-refractivity contribution in [2.45, 2.75) is 32.6 Å². The maximum atomic E-state index is 5.18. The van der Waals surface area contributed by atoms with Crippen molar-refractivity contribution in [2.75, 3.05) is 5.32 Å². The minimum absolute atomic E-state index is 0.551. The molecule has 3 nitrogen and oxygen atoms in total. The Bertz CT molecular complexity index is 432. The molecule has 0 spiro atoms. The number of anilines is 1. The number of nitrogens with zero attached hydrogens (tertiary/aromatic N) is 1. The van der Waals surface area contributed by atoms with Gasteiger partial charge in [0.2, 0.25) is 0 Å². The average Bonchev–Trinajstić information content (AvgIpc) is 2.79. The predicted octanol–water partition coefficient (Wildman–Crippen LogP) is 3.21. The van der Waals surface area contributed by atoms with Crippen molar-refractivity contribution in [2.24, 2.45) is 5.10 Å². The highest BCUT2D eigenvalue weighted by Gasteiger charge is 2.07. The normalized spacial score (nSPS) is 14.5. The summed E-state index contributed by atoms with van der Waals surface area (Å²) < 4.78 is 0. The van der Waals surface area contributed by atoms with Crippen LogP contribution in [0, 0.1) is 6.92 Å². The number of hydrogen-bond acceptors (Lipinski definition) is 2. The molecule has 1 aromatic rings. The number of hydrazone groups is 1. The zero-order valence-electron chi connectivity index (χ0n) is 9.99. The molecule has 1 aliphatic carbocycles. The van der Waals surface area contributed by atoms with E-state index in [1.807, 2.05) is 12.1 Å². The zero-order valence-corrected chi connectivity index (χ0v) is 10.8. The minimum atomic E-state index is 0.551. The molecule has 0 unspecified atom stereocenters. The summed E-state index contributed by atoms with van der Waals surface area (Å²) in [4.78, 5) is 0. The Balaban J connectivity index is 1.86. The van der Waals surface area contributed by atoms with Crippen molar-refractivity contribution < 1.29 is 0 Å². The van der Waals surface area contributed by atoms with Gasteiger partial charge in [-0.2, -0.15) is 5.10 Å². The highest BCUT2D eigenvalue weighted by atomic mass is 32.1. The summed E-state index contributed by atoms with van der Waals surface area (Å²) >= 11 is 5.18. The molecule has 4 heteroatoms. The average molecular weight is 247 g/mol. The molecule has 0 heterocycles. The largest absolute Gasteiger partial charge is 0.331 e. The highest BCUT2D eigenvalue weighted by molar-refractivity contribution is 7.80. The van der Waals surface area contributed by atoms with Gasteiger partial charge in [-0.15, -0.1) is 0 Å². The molecule has 1 saturated carbocycles. The molecule has 0 aromatic heterocycles. The molecule has 90 valence electrons. The van der Waals surface area contributed by atoms with Crippen LogP contribution >= 0.6 is 12.2 Å². The van der Waals surface area contributed by atoms with E-state index in [2.05, 4.69) is 34.9 Å². The Hall–Kier alpha value is -1.42. The molecule has 17 heavy (non-hydrogen) atoms. The highest BCUT2D eigenvalue weighted by Crippen LogP contribution is 2.14. The summed E-state index contributed by atoms with van der Waals surface area (Å²) in [5.41, 5.74) is 6.32. The van der Waals surface area contributed by atoms with Crippen LogP contribution in [-0.2, 0) is 0 Å². The third kappa shape index (κ3) is 3.82. The van der Waals surface area contributed by atoms with Crippen molar-refractivity contribution in [3.63, 3.8) is 0 Å². The van der Waals surface area contributed by atoms with Gasteiger partial charge in [0.25, 0.3) is 0 Å². The van der Waals surface area contributed by atoms with Gasteiger partial charge in [-0.1, -0.05) is 12.1 Å². The van der Waals surface area contributed by atoms with Gasteiger partial charge in [-0.3, -0.25) is 5.43 Å². The Morgan fingerprint density at radius 1 is 1.29 bits per heavy atom. The summed E-state index contributed by atoms with van der Waals surface area (Å²) in [6.07, 6.45) is 4.69. The summed E-state index contributed by atoms with van der Waals surface area (Å²) in [5.74, 6) is 0.